The molecule has 0 radical (unpaired) electrons. The van der Waals surface area contributed by atoms with Crippen molar-refractivity contribution in [3.05, 3.63) is 74.9 Å². The van der Waals surface area contributed by atoms with Crippen LogP contribution in [0.3, 0.4) is 0 Å². The van der Waals surface area contributed by atoms with E-state index in [9.17, 15) is 9.59 Å². The minimum absolute atomic E-state index is 0.336. The van der Waals surface area contributed by atoms with Gasteiger partial charge in [-0.15, -0.1) is 11.8 Å². The van der Waals surface area contributed by atoms with Gasteiger partial charge in [0.1, 0.15) is 0 Å². The van der Waals surface area contributed by atoms with E-state index in [2.05, 4.69) is 29.7 Å². The number of urea groups is 1. The van der Waals surface area contributed by atoms with E-state index in [4.69, 9.17) is 16.3 Å². The highest BCUT2D eigenvalue weighted by Crippen LogP contribution is 2.33. The number of aryl methyl sites for hydroxylation is 2. The standard InChI is InChI=1S/C22H23ClN2O3S/c1-12-9-13(2)18(10-15(12)11-29-17-7-5-16(23)6-8-17)20-19(21(26)28-4)14(3)24-22(27)25-20/h5-10,20H,11H2,1-4H3,(H2,24,25,27). The molecular weight excluding hydrogens is 408 g/mol. The second kappa shape index (κ2) is 8.93. The molecule has 2 aromatic rings. The number of carbonyl (C=O) groups excluding carboxylic acids is 2. The predicted molar refractivity (Wildman–Crippen MR) is 116 cm³/mol. The van der Waals surface area contributed by atoms with Gasteiger partial charge in [0.2, 0.25) is 0 Å². The summed E-state index contributed by atoms with van der Waals surface area (Å²) in [6.07, 6.45) is 0. The van der Waals surface area contributed by atoms with E-state index < -0.39 is 12.0 Å². The Labute approximate surface area is 179 Å². The number of nitrogens with one attached hydrogen (secondary N) is 2. The third-order valence-corrected chi connectivity index (χ3v) is 6.23. The fourth-order valence-corrected chi connectivity index (χ4v) is 4.47. The fraction of sp³-hybridized carbons (Fsp3) is 0.273. The molecule has 1 atom stereocenters. The Morgan fingerprint density at radius 2 is 1.83 bits per heavy atom. The summed E-state index contributed by atoms with van der Waals surface area (Å²) in [6, 6.07) is 11.0. The van der Waals surface area contributed by atoms with Crippen LogP contribution in [0.25, 0.3) is 0 Å². The Kier molecular flexibility index (Phi) is 6.55. The lowest BCUT2D eigenvalue weighted by atomic mass is 9.90. The molecule has 0 aliphatic carbocycles. The first kappa shape index (κ1) is 21.3. The van der Waals surface area contributed by atoms with Crippen molar-refractivity contribution in [3.8, 4) is 0 Å². The maximum Gasteiger partial charge on any atom is 0.337 e. The van der Waals surface area contributed by atoms with Crippen molar-refractivity contribution in [2.75, 3.05) is 7.11 Å². The fourth-order valence-electron chi connectivity index (χ4n) is 3.38. The van der Waals surface area contributed by atoms with Gasteiger partial charge >= 0.3 is 12.0 Å². The molecule has 7 heteroatoms. The van der Waals surface area contributed by atoms with Crippen molar-refractivity contribution in [3.63, 3.8) is 0 Å². The molecule has 2 aromatic carbocycles. The number of amides is 2. The molecule has 0 saturated carbocycles. The van der Waals surface area contributed by atoms with E-state index in [-0.39, 0.29) is 6.03 Å². The molecule has 29 heavy (non-hydrogen) atoms. The monoisotopic (exact) mass is 430 g/mol. The van der Waals surface area contributed by atoms with Crippen molar-refractivity contribution in [2.45, 2.75) is 37.5 Å². The number of esters is 1. The summed E-state index contributed by atoms with van der Waals surface area (Å²) in [5.41, 5.74) is 5.10. The SMILES string of the molecule is COC(=O)C1=C(C)NC(=O)NC1c1cc(CSc2ccc(Cl)cc2)c(C)cc1C. The van der Waals surface area contributed by atoms with Crippen LogP contribution in [-0.2, 0) is 15.3 Å². The van der Waals surface area contributed by atoms with Gasteiger partial charge in [-0.3, -0.25) is 0 Å². The lowest BCUT2D eigenvalue weighted by Crippen LogP contribution is -2.45. The molecule has 1 heterocycles. The summed E-state index contributed by atoms with van der Waals surface area (Å²) in [6.45, 7) is 5.76. The molecule has 0 bridgehead atoms. The lowest BCUT2D eigenvalue weighted by Gasteiger charge is -2.29. The van der Waals surface area contributed by atoms with Crippen LogP contribution in [0.5, 0.6) is 0 Å². The van der Waals surface area contributed by atoms with Crippen LogP contribution in [0, 0.1) is 13.8 Å². The largest absolute Gasteiger partial charge is 0.466 e. The van der Waals surface area contributed by atoms with E-state index >= 15 is 0 Å². The number of benzene rings is 2. The lowest BCUT2D eigenvalue weighted by molar-refractivity contribution is -0.136. The van der Waals surface area contributed by atoms with Gasteiger partial charge in [0.15, 0.2) is 0 Å². The first-order valence-electron chi connectivity index (χ1n) is 9.15. The van der Waals surface area contributed by atoms with E-state index in [1.807, 2.05) is 31.2 Å². The maximum atomic E-state index is 12.4. The minimum Gasteiger partial charge on any atom is -0.466 e. The van der Waals surface area contributed by atoms with Gasteiger partial charge in [-0.1, -0.05) is 23.7 Å². The third kappa shape index (κ3) is 4.77. The molecule has 1 aliphatic rings. The van der Waals surface area contributed by atoms with Gasteiger partial charge < -0.3 is 15.4 Å². The second-order valence-corrected chi connectivity index (χ2v) is 8.42. The molecule has 2 N–H and O–H groups in total. The Balaban J connectivity index is 1.95. The summed E-state index contributed by atoms with van der Waals surface area (Å²) >= 11 is 7.67. The van der Waals surface area contributed by atoms with Gasteiger partial charge in [0.25, 0.3) is 0 Å². The number of methoxy groups -OCH3 is 1. The van der Waals surface area contributed by atoms with Gasteiger partial charge in [-0.25, -0.2) is 9.59 Å². The van der Waals surface area contributed by atoms with Gasteiger partial charge in [-0.2, -0.15) is 0 Å². The number of allylic oxidation sites excluding steroid dienone is 1. The van der Waals surface area contributed by atoms with Crippen LogP contribution >= 0.6 is 23.4 Å². The Hall–Kier alpha value is -2.44. The van der Waals surface area contributed by atoms with Crippen LogP contribution in [0.4, 0.5) is 4.79 Å². The molecule has 1 unspecified atom stereocenters. The van der Waals surface area contributed by atoms with E-state index in [1.165, 1.54) is 7.11 Å². The molecule has 0 saturated heterocycles. The average molecular weight is 431 g/mol. The Morgan fingerprint density at radius 1 is 1.14 bits per heavy atom. The van der Waals surface area contributed by atoms with Crippen molar-refractivity contribution < 1.29 is 14.3 Å². The van der Waals surface area contributed by atoms with E-state index in [0.29, 0.717) is 16.3 Å². The normalized spacial score (nSPS) is 16.3. The number of hydrogen-bond donors (Lipinski definition) is 2. The minimum atomic E-state index is -0.559. The third-order valence-electron chi connectivity index (χ3n) is 4.92. The number of hydrogen-bond acceptors (Lipinski definition) is 4. The first-order valence-corrected chi connectivity index (χ1v) is 10.5. The van der Waals surface area contributed by atoms with Gasteiger partial charge in [0, 0.05) is 21.4 Å². The van der Waals surface area contributed by atoms with Crippen LogP contribution in [0.1, 0.15) is 35.2 Å². The summed E-state index contributed by atoms with van der Waals surface area (Å²) < 4.78 is 4.95. The number of rotatable bonds is 5. The Morgan fingerprint density at radius 3 is 2.48 bits per heavy atom. The smallest absolute Gasteiger partial charge is 0.337 e. The van der Waals surface area contributed by atoms with E-state index in [0.717, 1.165) is 32.9 Å². The maximum absolute atomic E-state index is 12.4. The summed E-state index contributed by atoms with van der Waals surface area (Å²) in [5.74, 6) is 0.299. The van der Waals surface area contributed by atoms with Crippen molar-refractivity contribution in [1.29, 1.82) is 0 Å². The highest BCUT2D eigenvalue weighted by molar-refractivity contribution is 7.98. The molecule has 5 nitrogen and oxygen atoms in total. The average Bonchev–Trinajstić information content (AvgIpc) is 2.67. The van der Waals surface area contributed by atoms with Crippen LogP contribution < -0.4 is 10.6 Å². The first-order chi connectivity index (χ1) is 13.8. The van der Waals surface area contributed by atoms with Crippen molar-refractivity contribution in [2.24, 2.45) is 0 Å². The molecule has 1 aliphatic heterocycles. The van der Waals surface area contributed by atoms with Crippen LogP contribution in [-0.4, -0.2) is 19.1 Å². The van der Waals surface area contributed by atoms with Gasteiger partial charge in [-0.05, 0) is 67.3 Å². The summed E-state index contributed by atoms with van der Waals surface area (Å²) in [7, 11) is 1.34. The van der Waals surface area contributed by atoms with E-state index in [1.54, 1.807) is 18.7 Å². The second-order valence-electron chi connectivity index (χ2n) is 6.94. The Bertz CT molecular complexity index is 986. The molecule has 3 rings (SSSR count). The summed E-state index contributed by atoms with van der Waals surface area (Å²) in [4.78, 5) is 25.6. The molecule has 0 spiro atoms. The molecule has 2 amide bonds. The highest BCUT2D eigenvalue weighted by atomic mass is 35.5. The van der Waals surface area contributed by atoms with Crippen LogP contribution in [0.2, 0.25) is 5.02 Å². The predicted octanol–water partition coefficient (Wildman–Crippen LogP) is 5.05. The van der Waals surface area contributed by atoms with Crippen molar-refractivity contribution in [1.82, 2.24) is 10.6 Å². The number of thioether (sulfide) groups is 1. The molecule has 152 valence electrons. The molecule has 0 fully saturated rings. The number of ether oxygens (including phenoxy) is 1. The topological polar surface area (TPSA) is 67.4 Å². The zero-order chi connectivity index (χ0) is 21.1. The van der Waals surface area contributed by atoms with Crippen molar-refractivity contribution >= 4 is 35.4 Å². The quantitative estimate of drug-likeness (QED) is 0.514. The zero-order valence-corrected chi connectivity index (χ0v) is 18.3. The van der Waals surface area contributed by atoms with Gasteiger partial charge in [0.05, 0.1) is 18.7 Å². The molecular formula is C22H23ClN2O3S. The zero-order valence-electron chi connectivity index (χ0n) is 16.8. The molecule has 0 aromatic heterocycles. The van der Waals surface area contributed by atoms with Crippen LogP contribution in [0.15, 0.2) is 52.6 Å². The number of halogens is 1. The summed E-state index contributed by atoms with van der Waals surface area (Å²) in [5, 5.41) is 6.23. The highest BCUT2D eigenvalue weighted by Gasteiger charge is 2.33. The number of carbonyl (C=O) groups is 2.